The van der Waals surface area contributed by atoms with Crippen LogP contribution in [0.25, 0.3) is 43.1 Å². The lowest BCUT2D eigenvalue weighted by molar-refractivity contribution is 0.0968. The highest BCUT2D eigenvalue weighted by atomic mass is 16.8. The second kappa shape index (κ2) is 10.3. The van der Waals surface area contributed by atoms with E-state index in [4.69, 9.17) is 33.5 Å². The van der Waals surface area contributed by atoms with E-state index in [2.05, 4.69) is 4.99 Å². The first-order chi connectivity index (χ1) is 19.9. The summed E-state index contributed by atoms with van der Waals surface area (Å²) in [5.41, 5.74) is 0. The SMILES string of the molecule is O=C(O)Oc1ccc2c3ccc4c5c(ccc(c6ccc(OC(=O)O)c1c26)c53)OC(=NCCOCCO)OC(=O)O4. The Morgan fingerprint density at radius 3 is 1.78 bits per heavy atom. The minimum Gasteiger partial charge on any atom is -0.449 e. The van der Waals surface area contributed by atoms with Gasteiger partial charge in [0.15, 0.2) is 0 Å². The van der Waals surface area contributed by atoms with Crippen molar-refractivity contribution in [3.8, 4) is 23.0 Å². The van der Waals surface area contributed by atoms with Crippen molar-refractivity contribution < 1.29 is 58.1 Å². The number of aliphatic hydroxyl groups excluding tert-OH is 1. The van der Waals surface area contributed by atoms with Gasteiger partial charge in [-0.15, -0.1) is 0 Å². The molecular weight excluding hydrogens is 542 g/mol. The quantitative estimate of drug-likeness (QED) is 0.0785. The summed E-state index contributed by atoms with van der Waals surface area (Å²) in [5.74, 6) is 0.261. The summed E-state index contributed by atoms with van der Waals surface area (Å²) < 4.78 is 31.6. The van der Waals surface area contributed by atoms with Crippen LogP contribution in [0.1, 0.15) is 0 Å². The van der Waals surface area contributed by atoms with Gasteiger partial charge in [-0.2, -0.15) is 0 Å². The van der Waals surface area contributed by atoms with Crippen LogP contribution >= 0.6 is 0 Å². The first kappa shape index (κ1) is 25.9. The summed E-state index contributed by atoms with van der Waals surface area (Å²) in [6.07, 6.45) is -4.56. The third-order valence-electron chi connectivity index (χ3n) is 6.42. The Bertz CT molecular complexity index is 1830. The van der Waals surface area contributed by atoms with E-state index < -0.39 is 18.5 Å². The molecule has 3 N–H and O–H groups in total. The highest BCUT2D eigenvalue weighted by Gasteiger charge is 2.27. The van der Waals surface area contributed by atoms with Crippen LogP contribution in [0.2, 0.25) is 0 Å². The molecule has 1 aliphatic heterocycles. The van der Waals surface area contributed by atoms with Crippen molar-refractivity contribution in [1.82, 2.24) is 0 Å². The molecule has 0 atom stereocenters. The number of aliphatic imine (C=N–C) groups is 1. The predicted octanol–water partition coefficient (Wildman–Crippen LogP) is 5.12. The molecule has 0 unspecified atom stereocenters. The molecule has 5 aromatic carbocycles. The van der Waals surface area contributed by atoms with Crippen LogP contribution in [-0.4, -0.2) is 66.2 Å². The molecule has 208 valence electrons. The van der Waals surface area contributed by atoms with E-state index in [-0.39, 0.29) is 55.1 Å². The Kier molecular flexibility index (Phi) is 6.49. The lowest BCUT2D eigenvalue weighted by Gasteiger charge is -2.21. The van der Waals surface area contributed by atoms with Gasteiger partial charge in [-0.1, -0.05) is 0 Å². The summed E-state index contributed by atoms with van der Waals surface area (Å²) in [5, 5.41) is 31.8. The van der Waals surface area contributed by atoms with Gasteiger partial charge in [0, 0.05) is 10.8 Å². The molecule has 0 bridgehead atoms. The lowest BCUT2D eigenvalue weighted by Crippen LogP contribution is -2.24. The number of hydrogen-bond acceptors (Lipinski definition) is 11. The molecule has 0 aliphatic carbocycles. The first-order valence-corrected chi connectivity index (χ1v) is 12.2. The van der Waals surface area contributed by atoms with Crippen LogP contribution in [0.5, 0.6) is 23.0 Å². The van der Waals surface area contributed by atoms with E-state index in [1.165, 1.54) is 12.1 Å². The summed E-state index contributed by atoms with van der Waals surface area (Å²) >= 11 is 0. The molecule has 13 nitrogen and oxygen atoms in total. The van der Waals surface area contributed by atoms with Gasteiger partial charge < -0.3 is 43.7 Å². The predicted molar refractivity (Wildman–Crippen MR) is 143 cm³/mol. The Hall–Kier alpha value is -5.40. The van der Waals surface area contributed by atoms with Crippen LogP contribution in [0.3, 0.4) is 0 Å². The zero-order chi connectivity index (χ0) is 28.7. The molecule has 0 saturated carbocycles. The zero-order valence-electron chi connectivity index (χ0n) is 20.9. The molecule has 0 saturated heterocycles. The number of ether oxygens (including phenoxy) is 6. The molecule has 1 aliphatic rings. The largest absolute Gasteiger partial charge is 0.523 e. The van der Waals surface area contributed by atoms with Gasteiger partial charge in [0.1, 0.15) is 23.0 Å². The number of carbonyl (C=O) groups excluding carboxylic acids is 1. The molecule has 0 fully saturated rings. The van der Waals surface area contributed by atoms with E-state index in [0.29, 0.717) is 43.5 Å². The molecule has 6 rings (SSSR count). The van der Waals surface area contributed by atoms with E-state index >= 15 is 0 Å². The van der Waals surface area contributed by atoms with Crippen molar-refractivity contribution in [3.63, 3.8) is 0 Å². The maximum absolute atomic E-state index is 12.5. The summed E-state index contributed by atoms with van der Waals surface area (Å²) in [4.78, 5) is 39.5. The number of aliphatic hydroxyl groups is 1. The Morgan fingerprint density at radius 2 is 1.22 bits per heavy atom. The molecule has 41 heavy (non-hydrogen) atoms. The molecule has 0 spiro atoms. The van der Waals surface area contributed by atoms with Crippen LogP contribution in [0, 0.1) is 0 Å². The fourth-order valence-electron chi connectivity index (χ4n) is 5.02. The van der Waals surface area contributed by atoms with Crippen molar-refractivity contribution in [2.45, 2.75) is 0 Å². The summed E-state index contributed by atoms with van der Waals surface area (Å²) in [7, 11) is 0. The standard InChI is InChI=1S/C28H19NO12/c30-10-12-36-11-9-29-25-37-17-5-1-13-14-2-6-18(38-26(31)32)24-19(39-27(33)34)7-3-15(22(14)24)16-4-8-20(23(17)21(13)16)40-28(35)41-25/h1-8,30H,9-12H2,(H,31,32)(H,33,34). The molecule has 13 heteroatoms. The molecule has 5 aromatic rings. The van der Waals surface area contributed by atoms with E-state index in [9.17, 15) is 24.6 Å². The number of carboxylic acid groups (broad SMARTS) is 2. The number of fused-ring (bicyclic) bond motifs is 2. The minimum atomic E-state index is -1.58. The van der Waals surface area contributed by atoms with Crippen molar-refractivity contribution in [2.75, 3.05) is 26.4 Å². The highest BCUT2D eigenvalue weighted by molar-refractivity contribution is 6.35. The van der Waals surface area contributed by atoms with Crippen molar-refractivity contribution in [1.29, 1.82) is 0 Å². The Labute approximate surface area is 228 Å². The van der Waals surface area contributed by atoms with Gasteiger partial charge in [-0.05, 0) is 70.1 Å². The minimum absolute atomic E-state index is 0.0909. The highest BCUT2D eigenvalue weighted by Crippen LogP contribution is 2.49. The fourth-order valence-corrected chi connectivity index (χ4v) is 5.02. The average Bonchev–Trinajstić information content (AvgIpc) is 2.92. The number of cyclic esters (lactones) is 1. The van der Waals surface area contributed by atoms with Crippen molar-refractivity contribution in [3.05, 3.63) is 48.5 Å². The van der Waals surface area contributed by atoms with Gasteiger partial charge >= 0.3 is 24.5 Å². The van der Waals surface area contributed by atoms with Gasteiger partial charge in [0.25, 0.3) is 0 Å². The number of rotatable bonds is 7. The Balaban J connectivity index is 1.61. The smallest absolute Gasteiger partial charge is 0.449 e. The fraction of sp³-hybridized carbons (Fsp3) is 0.143. The van der Waals surface area contributed by atoms with Crippen LogP contribution in [-0.2, 0) is 9.47 Å². The summed E-state index contributed by atoms with van der Waals surface area (Å²) in [6, 6.07) is 12.8. The second-order valence-electron chi connectivity index (χ2n) is 8.72. The van der Waals surface area contributed by atoms with Crippen molar-refractivity contribution >= 4 is 67.6 Å². The average molecular weight is 561 g/mol. The van der Waals surface area contributed by atoms with Gasteiger partial charge in [-0.25, -0.2) is 19.4 Å². The zero-order valence-corrected chi connectivity index (χ0v) is 20.9. The maximum atomic E-state index is 12.5. The van der Waals surface area contributed by atoms with E-state index in [1.54, 1.807) is 36.4 Å². The third kappa shape index (κ3) is 4.58. The molecule has 0 amide bonds. The van der Waals surface area contributed by atoms with Crippen LogP contribution in [0.15, 0.2) is 53.5 Å². The molecule has 0 aromatic heterocycles. The molecule has 0 radical (unpaired) electrons. The summed E-state index contributed by atoms with van der Waals surface area (Å²) in [6.45, 7) is 0.239. The first-order valence-electron chi connectivity index (χ1n) is 12.2. The molecule has 1 heterocycles. The number of nitrogens with zero attached hydrogens (tertiary/aromatic N) is 1. The maximum Gasteiger partial charge on any atom is 0.523 e. The van der Waals surface area contributed by atoms with Gasteiger partial charge in [0.2, 0.25) is 0 Å². The van der Waals surface area contributed by atoms with Crippen LogP contribution < -0.4 is 18.9 Å². The third-order valence-corrected chi connectivity index (χ3v) is 6.42. The van der Waals surface area contributed by atoms with Crippen LogP contribution in [0.4, 0.5) is 14.4 Å². The normalized spacial score (nSPS) is 14.1. The second-order valence-corrected chi connectivity index (χ2v) is 8.72. The van der Waals surface area contributed by atoms with Gasteiger partial charge in [0.05, 0.1) is 37.1 Å². The number of hydrogen-bond donors (Lipinski definition) is 3. The van der Waals surface area contributed by atoms with Gasteiger partial charge in [-0.3, -0.25) is 0 Å². The van der Waals surface area contributed by atoms with Crippen molar-refractivity contribution in [2.24, 2.45) is 4.99 Å². The van der Waals surface area contributed by atoms with E-state index in [1.807, 2.05) is 0 Å². The monoisotopic (exact) mass is 561 g/mol. The molecular formula is C28H19NO12. The topological polar surface area (TPSA) is 180 Å². The van der Waals surface area contributed by atoms with E-state index in [0.717, 1.165) is 0 Å². The lowest BCUT2D eigenvalue weighted by atomic mass is 9.88. The number of benzene rings is 5. The number of carbonyl (C=O) groups is 3. The Morgan fingerprint density at radius 1 is 0.683 bits per heavy atom.